The number of benzene rings is 1. The van der Waals surface area contributed by atoms with Gasteiger partial charge < -0.3 is 20.7 Å². The van der Waals surface area contributed by atoms with Crippen molar-refractivity contribution in [2.75, 3.05) is 7.05 Å². The summed E-state index contributed by atoms with van der Waals surface area (Å²) in [6.45, 7) is 5.65. The zero-order valence-corrected chi connectivity index (χ0v) is 19.3. The molecule has 0 aromatic heterocycles. The number of likely N-dealkylation sites (N-methyl/N-ethyl adjacent to an activating group) is 1. The van der Waals surface area contributed by atoms with E-state index in [0.29, 0.717) is 43.4 Å². The van der Waals surface area contributed by atoms with Crippen molar-refractivity contribution in [2.24, 2.45) is 5.92 Å². The molecule has 1 aliphatic carbocycles. The standard InChI is InChI=1S/C23H32F3N3O4/c1-13(2)33-19-10-7-16(11-14(19)3)20(30)29-18(21(31)27-4)12-15-5-8-17(9-6-15)28-22(32)23(24,25)26/h7,10-11,13,15,17-18H,5-6,8-9,12H2,1-4H3,(H,27,31)(H,28,32)(H,29,30). The van der Waals surface area contributed by atoms with E-state index in [1.165, 1.54) is 7.05 Å². The first-order valence-electron chi connectivity index (χ1n) is 11.1. The highest BCUT2D eigenvalue weighted by atomic mass is 19.4. The van der Waals surface area contributed by atoms with Gasteiger partial charge in [0.2, 0.25) is 5.91 Å². The Morgan fingerprint density at radius 3 is 2.27 bits per heavy atom. The molecule has 0 radical (unpaired) electrons. The maximum Gasteiger partial charge on any atom is 0.471 e. The van der Waals surface area contributed by atoms with E-state index >= 15 is 0 Å². The fraction of sp³-hybridized carbons (Fsp3) is 0.609. The highest BCUT2D eigenvalue weighted by Gasteiger charge is 2.40. The van der Waals surface area contributed by atoms with Gasteiger partial charge in [0.05, 0.1) is 6.10 Å². The number of carbonyl (C=O) groups excluding carboxylic acids is 3. The molecule has 0 heterocycles. The molecule has 33 heavy (non-hydrogen) atoms. The van der Waals surface area contributed by atoms with Gasteiger partial charge in [-0.1, -0.05) is 0 Å². The molecule has 1 aliphatic rings. The van der Waals surface area contributed by atoms with Crippen molar-refractivity contribution in [3.8, 4) is 5.75 Å². The van der Waals surface area contributed by atoms with Crippen LogP contribution in [0, 0.1) is 12.8 Å². The monoisotopic (exact) mass is 471 g/mol. The molecule has 1 saturated carbocycles. The van der Waals surface area contributed by atoms with Crippen LogP contribution >= 0.6 is 0 Å². The number of hydrogen-bond acceptors (Lipinski definition) is 4. The molecule has 184 valence electrons. The Kier molecular flexibility index (Phi) is 9.13. The molecule has 3 N–H and O–H groups in total. The predicted octanol–water partition coefficient (Wildman–Crippen LogP) is 3.25. The second kappa shape index (κ2) is 11.4. The summed E-state index contributed by atoms with van der Waals surface area (Å²) in [6, 6.07) is 3.73. The summed E-state index contributed by atoms with van der Waals surface area (Å²) in [5.41, 5.74) is 1.20. The number of amides is 3. The quantitative estimate of drug-likeness (QED) is 0.542. The zero-order chi connectivity index (χ0) is 24.8. The van der Waals surface area contributed by atoms with Gasteiger partial charge in [-0.15, -0.1) is 0 Å². The topological polar surface area (TPSA) is 96.5 Å². The molecule has 7 nitrogen and oxygen atoms in total. The first kappa shape index (κ1) is 26.5. The van der Waals surface area contributed by atoms with Crippen LogP contribution in [-0.2, 0) is 9.59 Å². The maximum atomic E-state index is 12.8. The first-order valence-corrected chi connectivity index (χ1v) is 11.1. The molecule has 3 amide bonds. The van der Waals surface area contributed by atoms with Crippen molar-refractivity contribution in [1.82, 2.24) is 16.0 Å². The minimum Gasteiger partial charge on any atom is -0.491 e. The highest BCUT2D eigenvalue weighted by molar-refractivity contribution is 5.97. The molecule has 1 aromatic carbocycles. The lowest BCUT2D eigenvalue weighted by atomic mass is 9.82. The van der Waals surface area contributed by atoms with Gasteiger partial charge in [0.15, 0.2) is 0 Å². The Hall–Kier alpha value is -2.78. The summed E-state index contributed by atoms with van der Waals surface area (Å²) in [6.07, 6.45) is -2.67. The van der Waals surface area contributed by atoms with Gasteiger partial charge in [0, 0.05) is 18.7 Å². The number of aryl methyl sites for hydroxylation is 1. The molecule has 1 unspecified atom stereocenters. The third-order valence-corrected chi connectivity index (χ3v) is 5.68. The van der Waals surface area contributed by atoms with Crippen molar-refractivity contribution in [3.05, 3.63) is 29.3 Å². The highest BCUT2D eigenvalue weighted by Crippen LogP contribution is 2.29. The predicted molar refractivity (Wildman–Crippen MR) is 117 cm³/mol. The number of rotatable bonds is 8. The van der Waals surface area contributed by atoms with E-state index in [9.17, 15) is 27.6 Å². The van der Waals surface area contributed by atoms with Gasteiger partial charge in [-0.25, -0.2) is 0 Å². The van der Waals surface area contributed by atoms with Crippen molar-refractivity contribution in [3.63, 3.8) is 0 Å². The minimum absolute atomic E-state index is 0.00196. The van der Waals surface area contributed by atoms with Crippen LogP contribution in [0.5, 0.6) is 5.75 Å². The SMILES string of the molecule is CNC(=O)C(CC1CCC(NC(=O)C(F)(F)F)CC1)NC(=O)c1ccc(OC(C)C)c(C)c1. The van der Waals surface area contributed by atoms with E-state index in [-0.39, 0.29) is 17.9 Å². The minimum atomic E-state index is -4.90. The Labute approximate surface area is 191 Å². The summed E-state index contributed by atoms with van der Waals surface area (Å²) in [5, 5.41) is 7.34. The summed E-state index contributed by atoms with van der Waals surface area (Å²) in [5.74, 6) is -1.95. The summed E-state index contributed by atoms with van der Waals surface area (Å²) in [7, 11) is 1.48. The van der Waals surface area contributed by atoms with Crippen LogP contribution in [0.4, 0.5) is 13.2 Å². The van der Waals surface area contributed by atoms with Crippen molar-refractivity contribution < 1.29 is 32.3 Å². The van der Waals surface area contributed by atoms with Gasteiger partial charge in [-0.2, -0.15) is 13.2 Å². The largest absolute Gasteiger partial charge is 0.491 e. The fourth-order valence-corrected chi connectivity index (χ4v) is 3.97. The van der Waals surface area contributed by atoms with Crippen LogP contribution in [0.3, 0.4) is 0 Å². The average molecular weight is 472 g/mol. The molecular weight excluding hydrogens is 439 g/mol. The smallest absolute Gasteiger partial charge is 0.471 e. The normalized spacial score (nSPS) is 19.5. The van der Waals surface area contributed by atoms with Gasteiger partial charge in [-0.3, -0.25) is 14.4 Å². The molecule has 0 aliphatic heterocycles. The van der Waals surface area contributed by atoms with Crippen LogP contribution in [0.25, 0.3) is 0 Å². The van der Waals surface area contributed by atoms with Gasteiger partial charge >= 0.3 is 12.1 Å². The molecule has 1 aromatic rings. The van der Waals surface area contributed by atoms with Gasteiger partial charge in [0.1, 0.15) is 11.8 Å². The lowest BCUT2D eigenvalue weighted by Crippen LogP contribution is -2.48. The number of alkyl halides is 3. The van der Waals surface area contributed by atoms with Crippen molar-refractivity contribution >= 4 is 17.7 Å². The number of ether oxygens (including phenoxy) is 1. The summed E-state index contributed by atoms with van der Waals surface area (Å²) < 4.78 is 43.0. The maximum absolute atomic E-state index is 12.8. The molecule has 10 heteroatoms. The summed E-state index contributed by atoms with van der Waals surface area (Å²) >= 11 is 0. The zero-order valence-electron chi connectivity index (χ0n) is 19.3. The van der Waals surface area contributed by atoms with E-state index in [1.54, 1.807) is 18.2 Å². The summed E-state index contributed by atoms with van der Waals surface area (Å²) in [4.78, 5) is 36.3. The molecular formula is C23H32F3N3O4. The molecule has 0 saturated heterocycles. The molecule has 1 fully saturated rings. The third-order valence-electron chi connectivity index (χ3n) is 5.68. The molecule has 2 rings (SSSR count). The van der Waals surface area contributed by atoms with Crippen LogP contribution in [0.15, 0.2) is 18.2 Å². The van der Waals surface area contributed by atoms with E-state index < -0.39 is 30.1 Å². The van der Waals surface area contributed by atoms with E-state index in [4.69, 9.17) is 4.74 Å². The second-order valence-corrected chi connectivity index (χ2v) is 8.71. The Balaban J connectivity index is 1.96. The third kappa shape index (κ3) is 7.94. The Morgan fingerprint density at radius 2 is 1.76 bits per heavy atom. The van der Waals surface area contributed by atoms with Crippen LogP contribution < -0.4 is 20.7 Å². The Bertz CT molecular complexity index is 850. The number of carbonyl (C=O) groups is 3. The van der Waals surface area contributed by atoms with E-state index in [2.05, 4.69) is 10.6 Å². The number of hydrogen-bond donors (Lipinski definition) is 3. The van der Waals surface area contributed by atoms with Crippen molar-refractivity contribution in [1.29, 1.82) is 0 Å². The number of halogens is 3. The van der Waals surface area contributed by atoms with E-state index in [0.717, 1.165) is 5.56 Å². The van der Waals surface area contributed by atoms with Crippen LogP contribution in [0.1, 0.15) is 61.9 Å². The van der Waals surface area contributed by atoms with Crippen molar-refractivity contribution in [2.45, 2.75) is 77.2 Å². The molecule has 0 bridgehead atoms. The van der Waals surface area contributed by atoms with Gasteiger partial charge in [0.25, 0.3) is 5.91 Å². The van der Waals surface area contributed by atoms with Gasteiger partial charge in [-0.05, 0) is 82.6 Å². The Morgan fingerprint density at radius 1 is 1.12 bits per heavy atom. The fourth-order valence-electron chi connectivity index (χ4n) is 3.97. The average Bonchev–Trinajstić information content (AvgIpc) is 2.74. The lowest BCUT2D eigenvalue weighted by Gasteiger charge is -2.31. The molecule has 1 atom stereocenters. The number of nitrogens with one attached hydrogen (secondary N) is 3. The molecule has 0 spiro atoms. The lowest BCUT2D eigenvalue weighted by molar-refractivity contribution is -0.174. The van der Waals surface area contributed by atoms with E-state index in [1.807, 2.05) is 26.1 Å². The second-order valence-electron chi connectivity index (χ2n) is 8.71. The van der Waals surface area contributed by atoms with Crippen LogP contribution in [-0.4, -0.2) is 49.1 Å². The van der Waals surface area contributed by atoms with Crippen LogP contribution in [0.2, 0.25) is 0 Å². The first-order chi connectivity index (χ1) is 15.4.